The van der Waals surface area contributed by atoms with Crippen LogP contribution in [0.2, 0.25) is 0 Å². The van der Waals surface area contributed by atoms with Crippen molar-refractivity contribution < 1.29 is 4.79 Å². The zero-order chi connectivity index (χ0) is 14.3. The van der Waals surface area contributed by atoms with Crippen molar-refractivity contribution in [1.29, 1.82) is 0 Å². The smallest absolute Gasteiger partial charge is 0.267 e. The number of aromatic nitrogens is 1. The molecule has 3 fully saturated rings. The number of piperidine rings is 1. The Kier molecular flexibility index (Phi) is 3.29. The Morgan fingerprint density at radius 3 is 2.71 bits per heavy atom. The molecule has 2 saturated carbocycles. The summed E-state index contributed by atoms with van der Waals surface area (Å²) in [5.74, 6) is 1.01. The number of nitrogens with zero attached hydrogens (tertiary/aromatic N) is 1. The molecule has 0 atom stereocenters. The van der Waals surface area contributed by atoms with Crippen LogP contribution in [0.1, 0.15) is 55.1 Å². The van der Waals surface area contributed by atoms with E-state index in [2.05, 4.69) is 21.4 Å². The maximum Gasteiger partial charge on any atom is 0.267 e. The predicted octanol–water partition coefficient (Wildman–Crippen LogP) is 2.33. The van der Waals surface area contributed by atoms with Gasteiger partial charge in [-0.3, -0.25) is 4.79 Å². The minimum Gasteiger partial charge on any atom is -0.350 e. The SMILES string of the molecule is O=C(NCC1(C2CC2)CC1)c1cccn1C1CCNCC1. The van der Waals surface area contributed by atoms with E-state index < -0.39 is 0 Å². The van der Waals surface area contributed by atoms with Crippen molar-refractivity contribution in [3.8, 4) is 0 Å². The summed E-state index contributed by atoms with van der Waals surface area (Å²) >= 11 is 0. The summed E-state index contributed by atoms with van der Waals surface area (Å²) in [7, 11) is 0. The molecule has 114 valence electrons. The van der Waals surface area contributed by atoms with Crippen molar-refractivity contribution in [3.63, 3.8) is 0 Å². The predicted molar refractivity (Wildman–Crippen MR) is 82.3 cm³/mol. The van der Waals surface area contributed by atoms with Gasteiger partial charge in [0, 0.05) is 18.8 Å². The van der Waals surface area contributed by atoms with Crippen molar-refractivity contribution in [2.45, 2.75) is 44.6 Å². The van der Waals surface area contributed by atoms with Gasteiger partial charge in [0.25, 0.3) is 5.91 Å². The normalized spacial score (nSPS) is 24.8. The van der Waals surface area contributed by atoms with Crippen LogP contribution >= 0.6 is 0 Å². The van der Waals surface area contributed by atoms with Crippen LogP contribution in [0.5, 0.6) is 0 Å². The fourth-order valence-corrected chi connectivity index (χ4v) is 3.92. The van der Waals surface area contributed by atoms with E-state index in [4.69, 9.17) is 0 Å². The fraction of sp³-hybridized carbons (Fsp3) is 0.706. The quantitative estimate of drug-likeness (QED) is 0.873. The molecule has 4 rings (SSSR count). The molecule has 0 radical (unpaired) electrons. The molecular formula is C17H25N3O. The number of hydrogen-bond acceptors (Lipinski definition) is 2. The van der Waals surface area contributed by atoms with Crippen molar-refractivity contribution in [3.05, 3.63) is 24.0 Å². The molecule has 4 heteroatoms. The van der Waals surface area contributed by atoms with E-state index in [0.717, 1.165) is 44.1 Å². The Hall–Kier alpha value is -1.29. The molecule has 21 heavy (non-hydrogen) atoms. The zero-order valence-electron chi connectivity index (χ0n) is 12.6. The lowest BCUT2D eigenvalue weighted by Gasteiger charge is -2.26. The molecule has 1 aliphatic heterocycles. The molecule has 0 bridgehead atoms. The first-order valence-electron chi connectivity index (χ1n) is 8.44. The summed E-state index contributed by atoms with van der Waals surface area (Å²) in [5, 5.41) is 6.60. The van der Waals surface area contributed by atoms with Crippen LogP contribution in [0, 0.1) is 11.3 Å². The third-order valence-corrected chi connectivity index (χ3v) is 5.65. The van der Waals surface area contributed by atoms with Crippen molar-refractivity contribution in [2.24, 2.45) is 11.3 Å². The third-order valence-electron chi connectivity index (χ3n) is 5.65. The van der Waals surface area contributed by atoms with Crippen molar-refractivity contribution >= 4 is 5.91 Å². The number of carbonyl (C=O) groups excluding carboxylic acids is 1. The highest BCUT2D eigenvalue weighted by Crippen LogP contribution is 2.60. The van der Waals surface area contributed by atoms with E-state index >= 15 is 0 Å². The lowest BCUT2D eigenvalue weighted by molar-refractivity contribution is 0.0929. The number of rotatable bonds is 5. The van der Waals surface area contributed by atoms with Crippen LogP contribution in [0.25, 0.3) is 0 Å². The molecule has 0 aromatic carbocycles. The molecule has 2 aliphatic carbocycles. The standard InChI is InChI=1S/C17H25N3O/c21-16(19-12-17(7-8-17)13-3-4-13)15-2-1-11-20(15)14-5-9-18-10-6-14/h1-2,11,13-14,18H,3-10,12H2,(H,19,21). The first kappa shape index (κ1) is 13.4. The van der Waals surface area contributed by atoms with Crippen LogP contribution in [0.3, 0.4) is 0 Å². The number of nitrogens with one attached hydrogen (secondary N) is 2. The van der Waals surface area contributed by atoms with Gasteiger partial charge in [-0.1, -0.05) is 0 Å². The van der Waals surface area contributed by atoms with E-state index in [1.807, 2.05) is 12.1 Å². The first-order chi connectivity index (χ1) is 10.3. The maximum atomic E-state index is 12.5. The summed E-state index contributed by atoms with van der Waals surface area (Å²) in [5.41, 5.74) is 1.32. The molecule has 2 N–H and O–H groups in total. The van der Waals surface area contributed by atoms with Crippen LogP contribution in [0.4, 0.5) is 0 Å². The minimum absolute atomic E-state index is 0.116. The van der Waals surface area contributed by atoms with Crippen molar-refractivity contribution in [1.82, 2.24) is 15.2 Å². The molecule has 1 aromatic rings. The second kappa shape index (κ2) is 5.16. The summed E-state index contributed by atoms with van der Waals surface area (Å²) in [6, 6.07) is 4.44. The average Bonchev–Trinajstić information content (AvgIpc) is 3.43. The molecule has 2 heterocycles. The Balaban J connectivity index is 1.41. The van der Waals surface area contributed by atoms with Gasteiger partial charge in [0.1, 0.15) is 5.69 Å². The Morgan fingerprint density at radius 2 is 2.05 bits per heavy atom. The van der Waals surface area contributed by atoms with Crippen LogP contribution in [-0.4, -0.2) is 30.1 Å². The van der Waals surface area contributed by atoms with Crippen molar-refractivity contribution in [2.75, 3.05) is 19.6 Å². The van der Waals surface area contributed by atoms with E-state index in [1.165, 1.54) is 25.7 Å². The number of carbonyl (C=O) groups is 1. The maximum absolute atomic E-state index is 12.5. The topological polar surface area (TPSA) is 46.1 Å². The molecule has 3 aliphatic rings. The molecule has 1 saturated heterocycles. The van der Waals surface area contributed by atoms with Gasteiger partial charge in [0.05, 0.1) is 0 Å². The number of amides is 1. The largest absolute Gasteiger partial charge is 0.350 e. The highest BCUT2D eigenvalue weighted by molar-refractivity contribution is 5.92. The summed E-state index contributed by atoms with van der Waals surface area (Å²) in [4.78, 5) is 12.5. The molecule has 0 unspecified atom stereocenters. The third kappa shape index (κ3) is 2.61. The van der Waals surface area contributed by atoms with Gasteiger partial charge in [-0.15, -0.1) is 0 Å². The first-order valence-corrected chi connectivity index (χ1v) is 8.44. The summed E-state index contributed by atoms with van der Waals surface area (Å²) in [6.07, 6.45) is 9.67. The van der Waals surface area contributed by atoms with Gasteiger partial charge in [-0.2, -0.15) is 0 Å². The molecule has 0 spiro atoms. The number of hydrogen-bond donors (Lipinski definition) is 2. The molecule has 1 aromatic heterocycles. The van der Waals surface area contributed by atoms with E-state index in [-0.39, 0.29) is 5.91 Å². The average molecular weight is 287 g/mol. The van der Waals surface area contributed by atoms with Gasteiger partial charge in [0.2, 0.25) is 0 Å². The minimum atomic E-state index is 0.116. The molecular weight excluding hydrogens is 262 g/mol. The lowest BCUT2D eigenvalue weighted by atomic mass is 10.0. The Bertz CT molecular complexity index is 522. The second-order valence-corrected chi connectivity index (χ2v) is 7.10. The van der Waals surface area contributed by atoms with Gasteiger partial charge in [-0.05, 0) is 75.1 Å². The Labute approximate surface area is 126 Å². The van der Waals surface area contributed by atoms with Gasteiger partial charge in [0.15, 0.2) is 0 Å². The van der Waals surface area contributed by atoms with Crippen LogP contribution in [0.15, 0.2) is 18.3 Å². The highest BCUT2D eigenvalue weighted by Gasteiger charge is 2.53. The molecule has 1 amide bonds. The van der Waals surface area contributed by atoms with E-state index in [0.29, 0.717) is 11.5 Å². The van der Waals surface area contributed by atoms with Crippen LogP contribution in [-0.2, 0) is 0 Å². The zero-order valence-corrected chi connectivity index (χ0v) is 12.6. The summed E-state index contributed by atoms with van der Waals surface area (Å²) in [6.45, 7) is 2.98. The second-order valence-electron chi connectivity index (χ2n) is 7.10. The van der Waals surface area contributed by atoms with Gasteiger partial charge >= 0.3 is 0 Å². The lowest BCUT2D eigenvalue weighted by Crippen LogP contribution is -2.35. The van der Waals surface area contributed by atoms with E-state index in [1.54, 1.807) is 0 Å². The van der Waals surface area contributed by atoms with Crippen LogP contribution < -0.4 is 10.6 Å². The fourth-order valence-electron chi connectivity index (χ4n) is 3.92. The van der Waals surface area contributed by atoms with E-state index in [9.17, 15) is 4.79 Å². The van der Waals surface area contributed by atoms with Gasteiger partial charge < -0.3 is 15.2 Å². The monoisotopic (exact) mass is 287 g/mol. The molecule has 4 nitrogen and oxygen atoms in total. The Morgan fingerprint density at radius 1 is 1.29 bits per heavy atom. The van der Waals surface area contributed by atoms with Gasteiger partial charge in [-0.25, -0.2) is 0 Å². The highest BCUT2D eigenvalue weighted by atomic mass is 16.1. The summed E-state index contributed by atoms with van der Waals surface area (Å²) < 4.78 is 2.19.